The van der Waals surface area contributed by atoms with Gasteiger partial charge in [-0.1, -0.05) is 0 Å². The average Bonchev–Trinajstić information content (AvgIpc) is 2.23. The van der Waals surface area contributed by atoms with E-state index < -0.39 is 0 Å². The third-order valence-electron chi connectivity index (χ3n) is 0.586. The first-order valence-electron chi connectivity index (χ1n) is 1.84. The summed E-state index contributed by atoms with van der Waals surface area (Å²) < 4.78 is 0. The van der Waals surface area contributed by atoms with Crippen LogP contribution >= 0.6 is 19.4 Å². The standard InChI is InChI=1S/C5H5.3CH3.HI.Pt/c1-2-4-5-3-1;;;;;/h1-3H,4H2;3*1H3;1H;/q4*-1;;+1/p-1. The molecule has 0 heterocycles. The van der Waals surface area contributed by atoms with Gasteiger partial charge in [0.2, 0.25) is 0 Å². The van der Waals surface area contributed by atoms with Crippen LogP contribution < -0.4 is 0 Å². The van der Waals surface area contributed by atoms with Gasteiger partial charge in [0.25, 0.3) is 0 Å². The summed E-state index contributed by atoms with van der Waals surface area (Å²) in [4.78, 5) is 0. The van der Waals surface area contributed by atoms with Crippen molar-refractivity contribution in [3.63, 3.8) is 0 Å². The summed E-state index contributed by atoms with van der Waals surface area (Å²) in [6.07, 6.45) is 10.0. The molecule has 0 aromatic rings. The molecular weight excluding hydrogens is 418 g/mol. The van der Waals surface area contributed by atoms with Gasteiger partial charge in [0.1, 0.15) is 0 Å². The van der Waals surface area contributed by atoms with E-state index in [0.717, 1.165) is 6.42 Å². The molecule has 2 heteroatoms. The van der Waals surface area contributed by atoms with Gasteiger partial charge in [-0.3, -0.25) is 6.08 Å². The molecular formula is C8H14IPt-4. The minimum atomic E-state index is 0. The van der Waals surface area contributed by atoms with E-state index in [4.69, 9.17) is 0 Å². The van der Waals surface area contributed by atoms with Gasteiger partial charge in [0.05, 0.1) is 0 Å². The Morgan fingerprint density at radius 3 is 1.80 bits per heavy atom. The van der Waals surface area contributed by atoms with Crippen LogP contribution in [0.1, 0.15) is 6.42 Å². The fourth-order valence-electron chi connectivity index (χ4n) is 0.340. The van der Waals surface area contributed by atoms with Gasteiger partial charge in [0, 0.05) is 0 Å². The molecule has 0 amide bonds. The van der Waals surface area contributed by atoms with Crippen LogP contribution in [-0.4, -0.2) is 0 Å². The number of halogens is 1. The zero-order valence-electron chi connectivity index (χ0n) is 6.63. The van der Waals surface area contributed by atoms with E-state index >= 15 is 0 Å². The zero-order valence-corrected chi connectivity index (χ0v) is 11.1. The molecule has 0 spiro atoms. The van der Waals surface area contributed by atoms with E-state index in [1.54, 1.807) is 0 Å². The van der Waals surface area contributed by atoms with E-state index in [1.165, 1.54) is 0 Å². The van der Waals surface area contributed by atoms with Crippen LogP contribution in [0.15, 0.2) is 18.2 Å². The van der Waals surface area contributed by atoms with Crippen molar-refractivity contribution in [2.45, 2.75) is 6.42 Å². The Morgan fingerprint density at radius 2 is 1.70 bits per heavy atom. The topological polar surface area (TPSA) is 0 Å². The molecule has 10 heavy (non-hydrogen) atoms. The van der Waals surface area contributed by atoms with Crippen molar-refractivity contribution in [1.82, 2.24) is 0 Å². The second kappa shape index (κ2) is 22.5. The molecule has 0 unspecified atom stereocenters. The number of allylic oxidation sites excluding steroid dienone is 4. The molecule has 0 N–H and O–H groups in total. The van der Waals surface area contributed by atoms with Gasteiger partial charge in [-0.15, -0.1) is 6.42 Å². The number of hydrogen-bond acceptors (Lipinski definition) is 0. The maximum absolute atomic E-state index is 2.99. The van der Waals surface area contributed by atoms with Crippen LogP contribution in [0.3, 0.4) is 0 Å². The maximum atomic E-state index is 2.99. The van der Waals surface area contributed by atoms with E-state index in [-0.39, 0.29) is 22.3 Å². The second-order valence-electron chi connectivity index (χ2n) is 1.00. The normalized spacial score (nSPS) is 9.50. The Hall–Kier alpha value is 0.898. The molecule has 1 aliphatic carbocycles. The van der Waals surface area contributed by atoms with Gasteiger partial charge in [0.15, 0.2) is 0 Å². The molecule has 1 aliphatic rings. The first-order chi connectivity index (χ1) is 3.50. The van der Waals surface area contributed by atoms with Crippen LogP contribution in [0.25, 0.3) is 0 Å². The molecule has 1 rings (SSSR count). The SMILES string of the molecule is [C-]1=CC=CC1.[CH3-].[CH3-].[CH3-].[I][Pt]. The molecule has 0 bridgehead atoms. The van der Waals surface area contributed by atoms with Gasteiger partial charge in [-0.2, -0.15) is 6.08 Å². The van der Waals surface area contributed by atoms with Crippen LogP contribution in [0.4, 0.5) is 0 Å². The monoisotopic (exact) mass is 432 g/mol. The van der Waals surface area contributed by atoms with Crippen molar-refractivity contribution in [2.75, 3.05) is 0 Å². The predicted octanol–water partition coefficient (Wildman–Crippen LogP) is 3.54. The molecule has 0 aromatic heterocycles. The summed E-state index contributed by atoms with van der Waals surface area (Å²) in [5, 5.41) is 0. The summed E-state index contributed by atoms with van der Waals surface area (Å²) in [7, 11) is 0. The fraction of sp³-hybridized carbons (Fsp3) is 0.125. The van der Waals surface area contributed by atoms with Crippen molar-refractivity contribution in [3.8, 4) is 0 Å². The van der Waals surface area contributed by atoms with Gasteiger partial charge in [-0.05, 0) is 0 Å². The summed E-state index contributed by atoms with van der Waals surface area (Å²) in [5.41, 5.74) is 0. The van der Waals surface area contributed by atoms with Crippen LogP contribution in [0.2, 0.25) is 0 Å². The first kappa shape index (κ1) is 22.4. The molecule has 0 saturated carbocycles. The summed E-state index contributed by atoms with van der Waals surface area (Å²) in [5.74, 6) is 0. The molecule has 0 saturated heterocycles. The van der Waals surface area contributed by atoms with Gasteiger partial charge >= 0.3 is 35.5 Å². The van der Waals surface area contributed by atoms with Crippen molar-refractivity contribution < 1.29 is 16.1 Å². The third-order valence-corrected chi connectivity index (χ3v) is 0.586. The van der Waals surface area contributed by atoms with Crippen molar-refractivity contribution >= 4 is 19.4 Å². The molecule has 0 fully saturated rings. The van der Waals surface area contributed by atoms with Gasteiger partial charge < -0.3 is 22.3 Å². The Balaban J connectivity index is -0.0000000337. The van der Waals surface area contributed by atoms with Gasteiger partial charge in [-0.25, -0.2) is 12.2 Å². The van der Waals surface area contributed by atoms with Crippen molar-refractivity contribution in [3.05, 3.63) is 46.6 Å². The molecule has 0 aromatic carbocycles. The van der Waals surface area contributed by atoms with Crippen molar-refractivity contribution in [2.24, 2.45) is 0 Å². The first-order valence-corrected chi connectivity index (χ1v) is 8.28. The fourth-order valence-corrected chi connectivity index (χ4v) is 0.340. The predicted molar refractivity (Wildman–Crippen MR) is 54.8 cm³/mol. The third kappa shape index (κ3) is 16.0. The summed E-state index contributed by atoms with van der Waals surface area (Å²) in [6, 6.07) is 0. The molecule has 0 nitrogen and oxygen atoms in total. The van der Waals surface area contributed by atoms with E-state index in [0.29, 0.717) is 0 Å². The Morgan fingerprint density at radius 1 is 1.20 bits per heavy atom. The summed E-state index contributed by atoms with van der Waals surface area (Å²) in [6.45, 7) is 0. The molecule has 0 radical (unpaired) electrons. The molecule has 0 atom stereocenters. The zero-order chi connectivity index (χ0) is 5.54. The van der Waals surface area contributed by atoms with Crippen LogP contribution in [-0.2, 0) is 16.1 Å². The van der Waals surface area contributed by atoms with E-state index in [9.17, 15) is 0 Å². The Kier molecular flexibility index (Phi) is 50.5. The average molecular weight is 432 g/mol. The second-order valence-corrected chi connectivity index (χ2v) is 1.00. The molecule has 0 aliphatic heterocycles. The molecule has 67 valence electrons. The Bertz CT molecular complexity index is 67.3. The minimum absolute atomic E-state index is 0. The van der Waals surface area contributed by atoms with E-state index in [2.05, 4.69) is 47.6 Å². The van der Waals surface area contributed by atoms with Crippen molar-refractivity contribution in [1.29, 1.82) is 0 Å². The van der Waals surface area contributed by atoms with E-state index in [1.807, 2.05) is 12.2 Å². The number of hydrogen-bond donors (Lipinski definition) is 0. The van der Waals surface area contributed by atoms with Crippen LogP contribution in [0.5, 0.6) is 0 Å². The summed E-state index contributed by atoms with van der Waals surface area (Å²) >= 11 is 4.23. The Labute approximate surface area is 87.9 Å². The quantitative estimate of drug-likeness (QED) is 0.406. The number of rotatable bonds is 0. The van der Waals surface area contributed by atoms with Crippen LogP contribution in [0, 0.1) is 28.4 Å².